The summed E-state index contributed by atoms with van der Waals surface area (Å²) in [7, 11) is 0. The van der Waals surface area contributed by atoms with Crippen LogP contribution >= 0.6 is 0 Å². The first-order chi connectivity index (χ1) is 5.75. The second-order valence-corrected chi connectivity index (χ2v) is 2.48. The number of aromatic nitrogens is 1. The average molecular weight is 162 g/mol. The first kappa shape index (κ1) is 8.46. The minimum Gasteiger partial charge on any atom is -0.397 e. The van der Waals surface area contributed by atoms with Gasteiger partial charge in [0.25, 0.3) is 0 Å². The summed E-state index contributed by atoms with van der Waals surface area (Å²) in [4.78, 5) is 4.09. The zero-order valence-electron chi connectivity index (χ0n) is 6.99. The lowest BCUT2D eigenvalue weighted by Gasteiger charge is -1.99. The zero-order chi connectivity index (χ0) is 8.97. The van der Waals surface area contributed by atoms with Crippen LogP contribution < -0.4 is 11.1 Å². The van der Waals surface area contributed by atoms with Gasteiger partial charge in [-0.05, 0) is 19.1 Å². The summed E-state index contributed by atoms with van der Waals surface area (Å²) in [6, 6.07) is 5.58. The summed E-state index contributed by atoms with van der Waals surface area (Å²) in [6.45, 7) is 1.85. The molecule has 0 aliphatic rings. The van der Waals surface area contributed by atoms with E-state index in [1.807, 2.05) is 25.1 Å². The summed E-state index contributed by atoms with van der Waals surface area (Å²) < 4.78 is 0. The predicted octanol–water partition coefficient (Wildman–Crippen LogP) is -0.399. The van der Waals surface area contributed by atoms with Gasteiger partial charge in [0.1, 0.15) is 0 Å². The minimum atomic E-state index is 0.623. The molecule has 0 unspecified atom stereocenters. The van der Waals surface area contributed by atoms with E-state index < -0.39 is 0 Å². The van der Waals surface area contributed by atoms with Crippen molar-refractivity contribution in [3.8, 4) is 0 Å². The van der Waals surface area contributed by atoms with Gasteiger partial charge in [-0.1, -0.05) is 6.07 Å². The quantitative estimate of drug-likeness (QED) is 0.581. The monoisotopic (exact) mass is 162 g/mol. The maximum atomic E-state index is 5.75. The number of nitrogens with zero attached hydrogens (tertiary/aromatic N) is 1. The Hall–Kier alpha value is -1.64. The molecule has 0 atom stereocenters. The van der Waals surface area contributed by atoms with Gasteiger partial charge < -0.3 is 5.73 Å². The van der Waals surface area contributed by atoms with Gasteiger partial charge in [-0.3, -0.25) is 10.4 Å². The number of hydrogen-bond donors (Lipinski definition) is 2. The second-order valence-electron chi connectivity index (χ2n) is 2.48. The SMILES string of the molecule is CC(C=[NH2+])=C(N)c1ccccn1. The Labute approximate surface area is 71.4 Å². The second kappa shape index (κ2) is 3.67. The Morgan fingerprint density at radius 1 is 1.58 bits per heavy atom. The van der Waals surface area contributed by atoms with Crippen molar-refractivity contribution in [3.63, 3.8) is 0 Å². The highest BCUT2D eigenvalue weighted by molar-refractivity contribution is 5.85. The molecule has 0 saturated carbocycles. The molecular weight excluding hydrogens is 150 g/mol. The molecule has 1 aromatic heterocycles. The Morgan fingerprint density at radius 2 is 2.33 bits per heavy atom. The number of nitrogens with two attached hydrogens (primary N) is 2. The van der Waals surface area contributed by atoms with E-state index in [9.17, 15) is 0 Å². The lowest BCUT2D eigenvalue weighted by atomic mass is 10.2. The third kappa shape index (κ3) is 1.69. The summed E-state index contributed by atoms with van der Waals surface area (Å²) >= 11 is 0. The smallest absolute Gasteiger partial charge is 0.165 e. The van der Waals surface area contributed by atoms with Crippen molar-refractivity contribution in [1.29, 1.82) is 0 Å². The van der Waals surface area contributed by atoms with Gasteiger partial charge in [-0.15, -0.1) is 0 Å². The molecule has 4 N–H and O–H groups in total. The first-order valence-corrected chi connectivity index (χ1v) is 3.68. The fraction of sp³-hybridized carbons (Fsp3) is 0.111. The van der Waals surface area contributed by atoms with E-state index in [-0.39, 0.29) is 0 Å². The molecule has 1 aromatic rings. The van der Waals surface area contributed by atoms with Crippen LogP contribution in [0.25, 0.3) is 5.70 Å². The van der Waals surface area contributed by atoms with Gasteiger partial charge in [0, 0.05) is 11.8 Å². The molecule has 62 valence electrons. The van der Waals surface area contributed by atoms with E-state index in [1.165, 1.54) is 6.21 Å². The molecule has 1 rings (SSSR count). The lowest BCUT2D eigenvalue weighted by Crippen LogP contribution is -2.30. The molecule has 0 spiro atoms. The maximum Gasteiger partial charge on any atom is 0.165 e. The van der Waals surface area contributed by atoms with Gasteiger partial charge in [-0.25, -0.2) is 0 Å². The predicted molar refractivity (Wildman–Crippen MR) is 49.0 cm³/mol. The molecule has 0 aromatic carbocycles. The van der Waals surface area contributed by atoms with E-state index in [0.29, 0.717) is 5.70 Å². The van der Waals surface area contributed by atoms with Crippen LogP contribution in [0.1, 0.15) is 12.6 Å². The molecule has 0 aliphatic carbocycles. The maximum absolute atomic E-state index is 5.75. The molecule has 3 nitrogen and oxygen atoms in total. The van der Waals surface area contributed by atoms with Crippen LogP contribution in [-0.4, -0.2) is 11.2 Å². The summed E-state index contributed by atoms with van der Waals surface area (Å²) in [6.07, 6.45) is 3.18. The minimum absolute atomic E-state index is 0.623. The van der Waals surface area contributed by atoms with E-state index in [1.54, 1.807) is 6.20 Å². The number of hydrogen-bond acceptors (Lipinski definition) is 2. The number of rotatable bonds is 2. The van der Waals surface area contributed by atoms with Crippen LogP contribution in [0.2, 0.25) is 0 Å². The molecule has 3 heteroatoms. The van der Waals surface area contributed by atoms with Gasteiger partial charge in [0.05, 0.1) is 11.4 Å². The van der Waals surface area contributed by atoms with Gasteiger partial charge in [0.2, 0.25) is 0 Å². The van der Waals surface area contributed by atoms with Crippen molar-refractivity contribution in [2.75, 3.05) is 0 Å². The van der Waals surface area contributed by atoms with Gasteiger partial charge in [0.15, 0.2) is 6.21 Å². The normalized spacial score (nSPS) is 12.1. The highest BCUT2D eigenvalue weighted by atomic mass is 14.7. The molecule has 0 aliphatic heterocycles. The molecule has 0 amide bonds. The Kier molecular flexibility index (Phi) is 2.58. The molecular formula is C9H12N3+. The standard InChI is InChI=1S/C9H11N3/c1-7(6-10)9(11)8-4-2-3-5-12-8/h2-6,10H,11H2,1H3/p+1. The van der Waals surface area contributed by atoms with E-state index in [4.69, 9.17) is 11.1 Å². The molecule has 0 saturated heterocycles. The highest BCUT2D eigenvalue weighted by Gasteiger charge is 2.00. The number of allylic oxidation sites excluding steroid dienone is 1. The van der Waals surface area contributed by atoms with E-state index in [2.05, 4.69) is 4.98 Å². The zero-order valence-corrected chi connectivity index (χ0v) is 6.99. The van der Waals surface area contributed by atoms with Crippen molar-refractivity contribution in [2.45, 2.75) is 6.92 Å². The largest absolute Gasteiger partial charge is 0.397 e. The van der Waals surface area contributed by atoms with Crippen molar-refractivity contribution in [1.82, 2.24) is 4.98 Å². The highest BCUT2D eigenvalue weighted by Crippen LogP contribution is 2.07. The fourth-order valence-corrected chi connectivity index (χ4v) is 0.814. The Balaban J connectivity index is 3.08. The average Bonchev–Trinajstić information content (AvgIpc) is 2.17. The molecule has 0 bridgehead atoms. The summed E-state index contributed by atoms with van der Waals surface area (Å²) in [5.74, 6) is 0. The third-order valence-electron chi connectivity index (χ3n) is 1.62. The summed E-state index contributed by atoms with van der Waals surface area (Å²) in [5, 5.41) is 5.32. The van der Waals surface area contributed by atoms with Crippen LogP contribution in [0, 0.1) is 0 Å². The van der Waals surface area contributed by atoms with Crippen LogP contribution in [0.5, 0.6) is 0 Å². The van der Waals surface area contributed by atoms with Gasteiger partial charge in [-0.2, -0.15) is 0 Å². The Bertz CT molecular complexity index is 301. The van der Waals surface area contributed by atoms with Crippen LogP contribution in [0.3, 0.4) is 0 Å². The van der Waals surface area contributed by atoms with Crippen molar-refractivity contribution in [2.24, 2.45) is 5.73 Å². The first-order valence-electron chi connectivity index (χ1n) is 3.68. The van der Waals surface area contributed by atoms with E-state index >= 15 is 0 Å². The molecule has 0 fully saturated rings. The molecule has 1 heterocycles. The molecule has 12 heavy (non-hydrogen) atoms. The Morgan fingerprint density at radius 3 is 2.83 bits per heavy atom. The van der Waals surface area contributed by atoms with Crippen LogP contribution in [0.4, 0.5) is 0 Å². The van der Waals surface area contributed by atoms with Crippen molar-refractivity contribution < 1.29 is 5.41 Å². The van der Waals surface area contributed by atoms with E-state index in [0.717, 1.165) is 11.3 Å². The van der Waals surface area contributed by atoms with Crippen LogP contribution in [0.15, 0.2) is 30.0 Å². The van der Waals surface area contributed by atoms with Crippen molar-refractivity contribution in [3.05, 3.63) is 35.7 Å². The van der Waals surface area contributed by atoms with Crippen molar-refractivity contribution >= 4 is 11.9 Å². The lowest BCUT2D eigenvalue weighted by molar-refractivity contribution is -0.104. The topological polar surface area (TPSA) is 64.5 Å². The number of pyridine rings is 1. The van der Waals surface area contributed by atoms with Gasteiger partial charge >= 0.3 is 0 Å². The fourth-order valence-electron chi connectivity index (χ4n) is 0.814. The third-order valence-corrected chi connectivity index (χ3v) is 1.62. The van der Waals surface area contributed by atoms with Crippen LogP contribution in [-0.2, 0) is 0 Å². The summed E-state index contributed by atoms with van der Waals surface area (Å²) in [5.41, 5.74) is 7.98. The molecule has 0 radical (unpaired) electrons.